The molecule has 0 bridgehead atoms. The standard InChI is InChI=1S/C54H70N12O16S2/c1-50(2,3)78-46(70)59-44(64(49(73)81-53(10,11)12)29-32-27-63(28-32)48(72)80-52(7,8)9)55-25-35-26-56-65(61-35)30-37-39(42(68)66(37)84(74,75)76)58-41(67)38(36-31-83-45(57-36)60-47(71)79-51(4,5)6)62-82-54(23-24-54)43(69)77-40(33-19-15-13-16-20-33)34-21-17-14-18-22-34/h13-22,26,31-32,37,39-40H,23-25,27-30H2,1-12H3,(H,58,67)(H,55,59,70)(H,57,60,71)(H,74,75,76)/t37-,39+/m1/s1. The Bertz CT molecular complexity index is 3220. The van der Waals surface area contributed by atoms with Gasteiger partial charge in [-0.2, -0.15) is 23.4 Å². The van der Waals surface area contributed by atoms with Gasteiger partial charge in [-0.15, -0.1) is 16.3 Å². The van der Waals surface area contributed by atoms with Crippen molar-refractivity contribution in [2.75, 3.05) is 25.0 Å². The third kappa shape index (κ3) is 17.4. The maximum atomic E-state index is 14.5. The Morgan fingerprint density at radius 3 is 1.96 bits per heavy atom. The van der Waals surface area contributed by atoms with Crippen molar-refractivity contribution >= 4 is 80.6 Å². The monoisotopic (exact) mass is 1210 g/mol. The summed E-state index contributed by atoms with van der Waals surface area (Å²) in [6.07, 6.45) is -2.76. The fourth-order valence-corrected chi connectivity index (χ4v) is 9.71. The van der Waals surface area contributed by atoms with E-state index in [1.54, 1.807) is 132 Å². The van der Waals surface area contributed by atoms with E-state index in [-0.39, 0.29) is 71.7 Å². The van der Waals surface area contributed by atoms with Crippen molar-refractivity contribution in [2.45, 2.75) is 155 Å². The molecule has 2 saturated heterocycles. The first-order valence-electron chi connectivity index (χ1n) is 26.6. The minimum atomic E-state index is -5.28. The van der Waals surface area contributed by atoms with Gasteiger partial charge in [0.25, 0.3) is 11.8 Å². The lowest BCUT2D eigenvalue weighted by molar-refractivity contribution is -0.164. The molecule has 4 aromatic rings. The van der Waals surface area contributed by atoms with Gasteiger partial charge in [0.05, 0.1) is 19.3 Å². The minimum absolute atomic E-state index is 0.0511. The van der Waals surface area contributed by atoms with Crippen molar-refractivity contribution in [1.82, 2.24) is 44.7 Å². The van der Waals surface area contributed by atoms with Crippen molar-refractivity contribution in [2.24, 2.45) is 16.1 Å². The highest BCUT2D eigenvalue weighted by Crippen LogP contribution is 2.43. The molecule has 84 heavy (non-hydrogen) atoms. The van der Waals surface area contributed by atoms with Gasteiger partial charge in [0.15, 0.2) is 16.9 Å². The quantitative estimate of drug-likeness (QED) is 0.0170. The number of carbonyl (C=O) groups excluding carboxylic acids is 7. The van der Waals surface area contributed by atoms with Gasteiger partial charge in [0.1, 0.15) is 45.9 Å². The van der Waals surface area contributed by atoms with E-state index in [2.05, 4.69) is 41.3 Å². The number of benzene rings is 2. The number of oxime groups is 1. The third-order valence-electron chi connectivity index (χ3n) is 12.0. The second-order valence-electron chi connectivity index (χ2n) is 23.9. The van der Waals surface area contributed by atoms with Crippen LogP contribution in [0, 0.1) is 5.92 Å². The van der Waals surface area contributed by atoms with Crippen LogP contribution in [0.15, 0.2) is 82.4 Å². The lowest BCUT2D eigenvalue weighted by Crippen LogP contribution is -2.73. The molecule has 0 unspecified atom stereocenters. The van der Waals surface area contributed by atoms with Crippen LogP contribution in [0.25, 0.3) is 0 Å². The second-order valence-corrected chi connectivity index (χ2v) is 26.1. The number of ether oxygens (including phenoxy) is 5. The van der Waals surface area contributed by atoms with E-state index in [9.17, 15) is 46.5 Å². The normalized spacial score (nSPS) is 17.5. The summed E-state index contributed by atoms with van der Waals surface area (Å²) in [7, 11) is -5.28. The molecule has 2 aromatic carbocycles. The average molecular weight is 1210 g/mol. The van der Waals surface area contributed by atoms with Gasteiger partial charge in [-0.25, -0.2) is 38.2 Å². The minimum Gasteiger partial charge on any atom is -0.450 e. The molecule has 6 amide bonds. The van der Waals surface area contributed by atoms with Crippen molar-refractivity contribution in [1.29, 1.82) is 0 Å². The number of β-lactam (4-membered cyclic amide) rings is 1. The molecule has 28 nitrogen and oxygen atoms in total. The van der Waals surface area contributed by atoms with Crippen molar-refractivity contribution < 1.29 is 75.1 Å². The highest BCUT2D eigenvalue weighted by molar-refractivity contribution is 7.84. The van der Waals surface area contributed by atoms with Crippen molar-refractivity contribution in [3.63, 3.8) is 0 Å². The maximum absolute atomic E-state index is 14.5. The lowest BCUT2D eigenvalue weighted by Gasteiger charge is -2.43. The first-order valence-corrected chi connectivity index (χ1v) is 28.9. The van der Waals surface area contributed by atoms with Crippen LogP contribution in [0.2, 0.25) is 0 Å². The molecule has 454 valence electrons. The lowest BCUT2D eigenvalue weighted by atomic mass is 9.98. The second kappa shape index (κ2) is 24.9. The SMILES string of the molecule is CC(C)(C)OC(=O)N=C(NCc1cnn(C[C@@H]2[C@H](NC(=O)C(=NOC3(C(=O)OC(c4ccccc4)c4ccccc4)CC3)c3csc(NC(=O)OC(C)(C)C)n3)C(=O)N2S(=O)(=O)O)n1)N(CC1CN(C(=O)OC(C)(C)C)C1)C(=O)OC(C)(C)C. The molecule has 30 heteroatoms. The predicted molar refractivity (Wildman–Crippen MR) is 301 cm³/mol. The zero-order chi connectivity index (χ0) is 61.7. The fourth-order valence-electron chi connectivity index (χ4n) is 8.15. The summed E-state index contributed by atoms with van der Waals surface area (Å²) in [4.78, 5) is 113. The Balaban J connectivity index is 1.12. The van der Waals surface area contributed by atoms with Crippen LogP contribution < -0.4 is 16.0 Å². The number of nitrogens with one attached hydrogen (secondary N) is 3. The Morgan fingerprint density at radius 2 is 1.42 bits per heavy atom. The Morgan fingerprint density at radius 1 is 0.833 bits per heavy atom. The largest absolute Gasteiger partial charge is 0.450 e. The molecular weight excluding hydrogens is 1140 g/mol. The van der Waals surface area contributed by atoms with E-state index in [1.165, 1.54) is 16.5 Å². The number of likely N-dealkylation sites (tertiary alicyclic amines) is 1. The summed E-state index contributed by atoms with van der Waals surface area (Å²) in [6, 6.07) is 14.7. The molecule has 2 aliphatic heterocycles. The van der Waals surface area contributed by atoms with Crippen molar-refractivity contribution in [3.05, 3.63) is 94.8 Å². The van der Waals surface area contributed by atoms with E-state index < -0.39 is 111 Å². The van der Waals surface area contributed by atoms with Gasteiger partial charge in [0, 0.05) is 43.8 Å². The molecule has 1 aliphatic carbocycles. The van der Waals surface area contributed by atoms with Gasteiger partial charge in [-0.1, -0.05) is 65.8 Å². The van der Waals surface area contributed by atoms with Crippen LogP contribution >= 0.6 is 11.3 Å². The number of nitrogens with zero attached hydrogens (tertiary/aromatic N) is 9. The topological polar surface area (TPSA) is 343 Å². The summed E-state index contributed by atoms with van der Waals surface area (Å²) in [6.45, 7) is 19.4. The van der Waals surface area contributed by atoms with Crippen molar-refractivity contribution in [3.8, 4) is 0 Å². The smallest absolute Gasteiger partial charge is 0.437 e. The highest BCUT2D eigenvalue weighted by Gasteiger charge is 2.57. The van der Waals surface area contributed by atoms with Crippen LogP contribution in [-0.2, 0) is 66.3 Å². The first-order chi connectivity index (χ1) is 39.0. The highest BCUT2D eigenvalue weighted by atomic mass is 32.2. The number of rotatable bonds is 17. The van der Waals surface area contributed by atoms with Gasteiger partial charge < -0.3 is 44.1 Å². The molecule has 0 radical (unpaired) electrons. The molecule has 4 heterocycles. The van der Waals surface area contributed by atoms with E-state index >= 15 is 0 Å². The molecule has 3 fully saturated rings. The Labute approximate surface area is 489 Å². The summed E-state index contributed by atoms with van der Waals surface area (Å²) < 4.78 is 63.9. The molecule has 2 aromatic heterocycles. The third-order valence-corrected chi connectivity index (χ3v) is 13.7. The maximum Gasteiger partial charge on any atom is 0.437 e. The predicted octanol–water partition coefficient (Wildman–Crippen LogP) is 6.35. The van der Waals surface area contributed by atoms with E-state index in [4.69, 9.17) is 28.5 Å². The summed E-state index contributed by atoms with van der Waals surface area (Å²) in [5.41, 5.74) is -4.71. The number of esters is 1. The van der Waals surface area contributed by atoms with Crippen LogP contribution in [0.5, 0.6) is 0 Å². The zero-order valence-corrected chi connectivity index (χ0v) is 50.2. The number of thiazole rings is 1. The summed E-state index contributed by atoms with van der Waals surface area (Å²) in [5.74, 6) is -3.88. The fraction of sp³-hybridized carbons (Fsp3) is 0.519. The Hall–Kier alpha value is -8.25. The van der Waals surface area contributed by atoms with Gasteiger partial charge in [-0.05, 0) is 94.2 Å². The molecule has 0 spiro atoms. The average Bonchev–Trinajstić information content (AvgIpc) is 1.08. The number of aliphatic imine (C=N–C) groups is 1. The van der Waals surface area contributed by atoms with E-state index in [1.807, 2.05) is 12.1 Å². The van der Waals surface area contributed by atoms with Gasteiger partial charge in [-0.3, -0.25) is 19.5 Å². The molecule has 1 saturated carbocycles. The number of amides is 6. The zero-order valence-electron chi connectivity index (χ0n) is 48.6. The van der Waals surface area contributed by atoms with Gasteiger partial charge >= 0.3 is 40.6 Å². The number of hydrogen-bond acceptors (Lipinski definition) is 20. The molecule has 7 rings (SSSR count). The number of hydrogen-bond donors (Lipinski definition) is 4. The number of carbonyl (C=O) groups is 7. The Kier molecular flexibility index (Phi) is 18.8. The van der Waals surface area contributed by atoms with Crippen LogP contribution in [0.3, 0.4) is 0 Å². The van der Waals surface area contributed by atoms with Crippen LogP contribution in [0.1, 0.15) is 125 Å². The van der Waals surface area contributed by atoms with Crippen LogP contribution in [0.4, 0.5) is 24.3 Å². The number of anilines is 1. The molecule has 2 atom stereocenters. The van der Waals surface area contributed by atoms with E-state index in [0.29, 0.717) is 11.1 Å². The van der Waals surface area contributed by atoms with Gasteiger partial charge in [0.2, 0.25) is 11.6 Å². The molecular formula is C54H70N12O16S2. The first kappa shape index (κ1) is 63.3. The molecule has 3 aliphatic rings. The number of aromatic nitrogens is 4. The summed E-state index contributed by atoms with van der Waals surface area (Å²) >= 11 is 0.863. The molecule has 4 N–H and O–H groups in total. The number of guanidine groups is 1. The summed E-state index contributed by atoms with van der Waals surface area (Å²) in [5, 5.41) is 21.8. The van der Waals surface area contributed by atoms with E-state index in [0.717, 1.165) is 21.0 Å². The van der Waals surface area contributed by atoms with Crippen LogP contribution in [-0.4, -0.2) is 161 Å².